The second kappa shape index (κ2) is 8.14. The lowest BCUT2D eigenvalue weighted by atomic mass is 10.1. The first kappa shape index (κ1) is 18.7. The minimum atomic E-state index is -0.386. The fourth-order valence-corrected chi connectivity index (χ4v) is 3.59. The Hall–Kier alpha value is -2.68. The molecule has 148 valence electrons. The van der Waals surface area contributed by atoms with E-state index in [4.69, 9.17) is 0 Å². The Kier molecular flexibility index (Phi) is 5.43. The Balaban J connectivity index is 1.36. The molecule has 1 aromatic heterocycles. The molecule has 2 fully saturated rings. The predicted molar refractivity (Wildman–Crippen MR) is 110 cm³/mol. The largest absolute Gasteiger partial charge is 0.367 e. The van der Waals surface area contributed by atoms with Crippen LogP contribution in [0.3, 0.4) is 0 Å². The standard InChI is InChI=1S/C20H27N7O/c1-14-6-7-16(13-15(14)2)22-19-18(23-25-24-19)20(28)27-11-9-26(10-12-27)17-5-3-4-8-21-17/h3-8,13,18-19,22-25H,9-12H2,1-2H3. The van der Waals surface area contributed by atoms with Crippen molar-refractivity contribution in [1.29, 1.82) is 0 Å². The van der Waals surface area contributed by atoms with Crippen molar-refractivity contribution in [3.63, 3.8) is 0 Å². The maximum absolute atomic E-state index is 13.1. The molecule has 1 amide bonds. The van der Waals surface area contributed by atoms with Gasteiger partial charge in [0.2, 0.25) is 5.91 Å². The van der Waals surface area contributed by atoms with Gasteiger partial charge in [0.25, 0.3) is 0 Å². The molecule has 0 radical (unpaired) electrons. The predicted octanol–water partition coefficient (Wildman–Crippen LogP) is 0.766. The number of anilines is 2. The summed E-state index contributed by atoms with van der Waals surface area (Å²) in [6.07, 6.45) is 1.57. The number of rotatable bonds is 4. The third kappa shape index (κ3) is 3.94. The molecule has 0 aliphatic carbocycles. The summed E-state index contributed by atoms with van der Waals surface area (Å²) in [5, 5.41) is 3.41. The molecule has 2 aliphatic heterocycles. The van der Waals surface area contributed by atoms with Gasteiger partial charge in [-0.1, -0.05) is 12.1 Å². The summed E-state index contributed by atoms with van der Waals surface area (Å²) in [5.74, 6) is 1.05. The molecular weight excluding hydrogens is 354 g/mol. The van der Waals surface area contributed by atoms with E-state index in [0.717, 1.165) is 24.6 Å². The summed E-state index contributed by atoms with van der Waals surface area (Å²) in [6, 6.07) is 11.7. The summed E-state index contributed by atoms with van der Waals surface area (Å²) in [4.78, 5) is 21.6. The topological polar surface area (TPSA) is 84.6 Å². The van der Waals surface area contributed by atoms with E-state index in [1.165, 1.54) is 11.1 Å². The van der Waals surface area contributed by atoms with Crippen molar-refractivity contribution in [1.82, 2.24) is 26.3 Å². The number of carbonyl (C=O) groups excluding carboxylic acids is 1. The second-order valence-corrected chi connectivity index (χ2v) is 7.31. The van der Waals surface area contributed by atoms with Crippen molar-refractivity contribution in [2.75, 3.05) is 36.4 Å². The highest BCUT2D eigenvalue weighted by molar-refractivity contribution is 5.83. The first-order valence-corrected chi connectivity index (χ1v) is 9.66. The number of hydrazine groups is 2. The number of piperazine rings is 1. The molecule has 2 aliphatic rings. The zero-order valence-electron chi connectivity index (χ0n) is 16.3. The number of nitrogens with zero attached hydrogens (tertiary/aromatic N) is 3. The van der Waals surface area contributed by atoms with E-state index >= 15 is 0 Å². The highest BCUT2D eigenvalue weighted by atomic mass is 16.2. The van der Waals surface area contributed by atoms with Crippen LogP contribution in [0.25, 0.3) is 0 Å². The first-order valence-electron chi connectivity index (χ1n) is 9.66. The monoisotopic (exact) mass is 381 g/mol. The Labute approximate surface area is 165 Å². The highest BCUT2D eigenvalue weighted by Crippen LogP contribution is 2.17. The molecule has 8 nitrogen and oxygen atoms in total. The summed E-state index contributed by atoms with van der Waals surface area (Å²) in [7, 11) is 0. The average Bonchev–Trinajstić information content (AvgIpc) is 3.19. The van der Waals surface area contributed by atoms with Gasteiger partial charge >= 0.3 is 0 Å². The number of carbonyl (C=O) groups is 1. The van der Waals surface area contributed by atoms with Crippen LogP contribution in [-0.2, 0) is 4.79 Å². The Morgan fingerprint density at radius 3 is 2.61 bits per heavy atom. The van der Waals surface area contributed by atoms with Gasteiger partial charge in [-0.05, 0) is 49.2 Å². The number of nitrogens with one attached hydrogen (secondary N) is 4. The van der Waals surface area contributed by atoms with Crippen molar-refractivity contribution in [3.8, 4) is 0 Å². The van der Waals surface area contributed by atoms with Gasteiger partial charge in [-0.25, -0.2) is 15.8 Å². The number of benzene rings is 1. The molecule has 8 heteroatoms. The lowest BCUT2D eigenvalue weighted by Crippen LogP contribution is -2.57. The normalized spacial score (nSPS) is 22.4. The smallest absolute Gasteiger partial charge is 0.244 e. The molecule has 0 saturated carbocycles. The van der Waals surface area contributed by atoms with Crippen LogP contribution >= 0.6 is 0 Å². The van der Waals surface area contributed by atoms with Gasteiger partial charge in [0.1, 0.15) is 18.0 Å². The van der Waals surface area contributed by atoms with E-state index in [1.54, 1.807) is 6.20 Å². The molecule has 1 aromatic carbocycles. The van der Waals surface area contributed by atoms with Gasteiger partial charge in [0.05, 0.1) is 0 Å². The van der Waals surface area contributed by atoms with Crippen molar-refractivity contribution < 1.29 is 4.79 Å². The SMILES string of the molecule is Cc1ccc(NC2NNNC2C(=O)N2CCN(c3ccccn3)CC2)cc1C. The van der Waals surface area contributed by atoms with Gasteiger partial charge in [-0.15, -0.1) is 0 Å². The molecule has 4 rings (SSSR count). The molecule has 2 aromatic rings. The molecule has 2 saturated heterocycles. The van der Waals surface area contributed by atoms with Crippen molar-refractivity contribution in [2.45, 2.75) is 26.1 Å². The molecule has 28 heavy (non-hydrogen) atoms. The number of hydrogen-bond acceptors (Lipinski definition) is 7. The van der Waals surface area contributed by atoms with Crippen LogP contribution in [-0.4, -0.2) is 54.2 Å². The van der Waals surface area contributed by atoms with Crippen LogP contribution in [0, 0.1) is 13.8 Å². The summed E-state index contributed by atoms with van der Waals surface area (Å²) in [5.41, 5.74) is 12.5. The van der Waals surface area contributed by atoms with E-state index in [-0.39, 0.29) is 18.1 Å². The third-order valence-corrected chi connectivity index (χ3v) is 5.45. The Morgan fingerprint density at radius 1 is 1.07 bits per heavy atom. The minimum absolute atomic E-state index is 0.0829. The number of aromatic nitrogens is 1. The lowest BCUT2D eigenvalue weighted by molar-refractivity contribution is -0.133. The van der Waals surface area contributed by atoms with Gasteiger partial charge in [-0.3, -0.25) is 4.79 Å². The fraction of sp³-hybridized carbons (Fsp3) is 0.400. The maximum atomic E-state index is 13.1. The van der Waals surface area contributed by atoms with Crippen LogP contribution in [0.4, 0.5) is 11.5 Å². The highest BCUT2D eigenvalue weighted by Gasteiger charge is 2.36. The number of pyridine rings is 1. The van der Waals surface area contributed by atoms with Gasteiger partial charge in [0.15, 0.2) is 0 Å². The van der Waals surface area contributed by atoms with Gasteiger partial charge in [-0.2, -0.15) is 5.53 Å². The van der Waals surface area contributed by atoms with Crippen molar-refractivity contribution >= 4 is 17.4 Å². The molecule has 3 heterocycles. The van der Waals surface area contributed by atoms with E-state index in [1.807, 2.05) is 29.2 Å². The van der Waals surface area contributed by atoms with Crippen LogP contribution in [0.15, 0.2) is 42.6 Å². The fourth-order valence-electron chi connectivity index (χ4n) is 3.59. The van der Waals surface area contributed by atoms with Crippen LogP contribution in [0.2, 0.25) is 0 Å². The van der Waals surface area contributed by atoms with Crippen molar-refractivity contribution in [3.05, 3.63) is 53.7 Å². The molecule has 2 unspecified atom stereocenters. The quantitative estimate of drug-likeness (QED) is 0.622. The van der Waals surface area contributed by atoms with E-state index in [2.05, 4.69) is 57.6 Å². The zero-order chi connectivity index (χ0) is 19.5. The third-order valence-electron chi connectivity index (χ3n) is 5.45. The summed E-state index contributed by atoms with van der Waals surface area (Å²) in [6.45, 7) is 7.11. The molecule has 0 bridgehead atoms. The zero-order valence-corrected chi connectivity index (χ0v) is 16.3. The minimum Gasteiger partial charge on any atom is -0.367 e. The van der Waals surface area contributed by atoms with Crippen LogP contribution < -0.4 is 26.6 Å². The molecule has 2 atom stereocenters. The maximum Gasteiger partial charge on any atom is 0.244 e. The van der Waals surface area contributed by atoms with Gasteiger partial charge in [0, 0.05) is 38.1 Å². The van der Waals surface area contributed by atoms with Crippen LogP contribution in [0.1, 0.15) is 11.1 Å². The number of amides is 1. The van der Waals surface area contributed by atoms with Crippen molar-refractivity contribution in [2.24, 2.45) is 0 Å². The number of hydrogen-bond donors (Lipinski definition) is 4. The lowest BCUT2D eigenvalue weighted by Gasteiger charge is -2.37. The van der Waals surface area contributed by atoms with Gasteiger partial charge < -0.3 is 15.1 Å². The molecular formula is C20H27N7O. The number of aryl methyl sites for hydroxylation is 2. The van der Waals surface area contributed by atoms with E-state index in [9.17, 15) is 4.79 Å². The Morgan fingerprint density at radius 2 is 1.89 bits per heavy atom. The van der Waals surface area contributed by atoms with E-state index in [0.29, 0.717) is 13.1 Å². The molecule has 4 N–H and O–H groups in total. The Bertz CT molecular complexity index is 821. The molecule has 0 spiro atoms. The van der Waals surface area contributed by atoms with Crippen LogP contribution in [0.5, 0.6) is 0 Å². The summed E-state index contributed by atoms with van der Waals surface area (Å²) < 4.78 is 0. The first-order chi connectivity index (χ1) is 13.6. The van der Waals surface area contributed by atoms with E-state index < -0.39 is 0 Å². The summed E-state index contributed by atoms with van der Waals surface area (Å²) >= 11 is 0. The average molecular weight is 381 g/mol. The second-order valence-electron chi connectivity index (χ2n) is 7.31.